The summed E-state index contributed by atoms with van der Waals surface area (Å²) >= 11 is 0. The Balaban J connectivity index is -0.00000000167. The van der Waals surface area contributed by atoms with Crippen LogP contribution in [-0.4, -0.2) is 0 Å². The van der Waals surface area contributed by atoms with Crippen LogP contribution in [0.5, 0.6) is 0 Å². The third kappa shape index (κ3) is 23.5. The summed E-state index contributed by atoms with van der Waals surface area (Å²) in [5, 5.41) is 0. The Morgan fingerprint density at radius 2 is 0.800 bits per heavy atom. The molecule has 5 heavy (non-hydrogen) atoms. The van der Waals surface area contributed by atoms with E-state index in [-0.39, 0.29) is 63.2 Å². The number of hydrogen-bond acceptors (Lipinski definition) is 0. The van der Waals surface area contributed by atoms with Gasteiger partial charge in [0.15, 0.2) is 0 Å². The summed E-state index contributed by atoms with van der Waals surface area (Å²) in [6.45, 7) is 5.00. The molecular weight excluding hydrogens is 609 g/mol. The van der Waals surface area contributed by atoms with Crippen LogP contribution in [0.2, 0.25) is 0 Å². The molecule has 0 rings (SSSR count). The Bertz CT molecular complexity index is 4.85. The van der Waals surface area contributed by atoms with E-state index in [4.69, 9.17) is 0 Å². The Morgan fingerprint density at radius 1 is 0.800 bits per heavy atom. The summed E-state index contributed by atoms with van der Waals surface area (Å²) < 4.78 is 0. The van der Waals surface area contributed by atoms with E-state index in [0.717, 1.165) is 0 Å². The van der Waals surface area contributed by atoms with Crippen LogP contribution in [0.4, 0.5) is 0 Å². The van der Waals surface area contributed by atoms with Gasteiger partial charge in [-0.1, -0.05) is 0 Å². The first-order chi connectivity index (χ1) is 1.00. The molecule has 0 heterocycles. The molecule has 0 atom stereocenters. The van der Waals surface area contributed by atoms with Crippen molar-refractivity contribution in [2.24, 2.45) is 0 Å². The van der Waals surface area contributed by atoms with Gasteiger partial charge in [0, 0.05) is 63.2 Å². The summed E-state index contributed by atoms with van der Waals surface area (Å²) in [7, 11) is 0. The standard InChI is InChI=1S/C2H5.3Pt/c1-2;;;/h1H2,2H3;;;/q-1;;;. The van der Waals surface area contributed by atoms with Crippen LogP contribution in [0.3, 0.4) is 0 Å². The maximum atomic E-state index is 3.25. The number of rotatable bonds is 0. The zero-order chi connectivity index (χ0) is 2.00. The molecule has 0 radical (unpaired) electrons. The molecule has 0 aliphatic carbocycles. The van der Waals surface area contributed by atoms with Crippen LogP contribution in [0, 0.1) is 6.92 Å². The second-order valence-corrected chi connectivity index (χ2v) is 0. The molecule has 0 bridgehead atoms. The maximum absolute atomic E-state index is 3.25. The Kier molecular flexibility index (Phi) is 202. The van der Waals surface area contributed by atoms with Gasteiger partial charge in [-0.25, -0.2) is 0 Å². The average Bonchev–Trinajstić information content (AvgIpc) is 1.00. The molecule has 3 heteroatoms. The molecule has 0 aliphatic heterocycles. The summed E-state index contributed by atoms with van der Waals surface area (Å²) in [6, 6.07) is 0. The zero-order valence-electron chi connectivity index (χ0n) is 2.66. The van der Waals surface area contributed by atoms with E-state index in [2.05, 4.69) is 6.92 Å². The van der Waals surface area contributed by atoms with Gasteiger partial charge in [-0.05, 0) is 0 Å². The largest absolute Gasteiger partial charge is 0.346 e. The smallest absolute Gasteiger partial charge is 0 e. The van der Waals surface area contributed by atoms with Crippen molar-refractivity contribution in [3.8, 4) is 0 Å². The molecule has 0 saturated carbocycles. The third-order valence-electron chi connectivity index (χ3n) is 0. The van der Waals surface area contributed by atoms with Gasteiger partial charge >= 0.3 is 0 Å². The predicted octanol–water partition coefficient (Wildman–Crippen LogP) is 0.833. The van der Waals surface area contributed by atoms with E-state index in [0.29, 0.717) is 0 Å². The molecule has 0 nitrogen and oxygen atoms in total. The van der Waals surface area contributed by atoms with Crippen molar-refractivity contribution < 1.29 is 63.2 Å². The molecule has 0 unspecified atom stereocenters. The van der Waals surface area contributed by atoms with Crippen LogP contribution in [0.1, 0.15) is 6.92 Å². The second-order valence-electron chi connectivity index (χ2n) is 0. The topological polar surface area (TPSA) is 0 Å². The fourth-order valence-electron chi connectivity index (χ4n) is 0. The van der Waals surface area contributed by atoms with Crippen LogP contribution in [0.25, 0.3) is 0 Å². The minimum absolute atomic E-state index is 0. The number of hydrogen-bond donors (Lipinski definition) is 0. The van der Waals surface area contributed by atoms with Crippen molar-refractivity contribution in [2.75, 3.05) is 0 Å². The van der Waals surface area contributed by atoms with E-state index in [1.165, 1.54) is 0 Å². The summed E-state index contributed by atoms with van der Waals surface area (Å²) in [4.78, 5) is 0. The normalized spacial score (nSPS) is 1.20. The Morgan fingerprint density at radius 3 is 0.800 bits per heavy atom. The van der Waals surface area contributed by atoms with Gasteiger partial charge in [-0.2, -0.15) is 6.92 Å². The first-order valence-electron chi connectivity index (χ1n) is 0.707. The predicted molar refractivity (Wildman–Crippen MR) is 11.0 cm³/mol. The molecule has 0 aromatic heterocycles. The molecule has 0 N–H and O–H groups in total. The first kappa shape index (κ1) is 27.7. The molecule has 0 saturated heterocycles. The quantitative estimate of drug-likeness (QED) is 0.355. The van der Waals surface area contributed by atoms with Crippen molar-refractivity contribution in [3.63, 3.8) is 0 Å². The van der Waals surface area contributed by atoms with Gasteiger partial charge in [0.05, 0.1) is 0 Å². The molecule has 0 fully saturated rings. The molecule has 0 aromatic rings. The Labute approximate surface area is 76.3 Å². The minimum atomic E-state index is 0. The van der Waals surface area contributed by atoms with E-state index < -0.39 is 0 Å². The summed E-state index contributed by atoms with van der Waals surface area (Å²) in [5.74, 6) is 0. The van der Waals surface area contributed by atoms with Crippen molar-refractivity contribution in [3.05, 3.63) is 6.92 Å². The van der Waals surface area contributed by atoms with E-state index in [1.54, 1.807) is 6.92 Å². The van der Waals surface area contributed by atoms with Crippen molar-refractivity contribution in [1.82, 2.24) is 0 Å². The fraction of sp³-hybridized carbons (Fsp3) is 0.500. The Hall–Kier alpha value is 2.06. The molecule has 0 spiro atoms. The fourth-order valence-corrected chi connectivity index (χ4v) is 0. The molecule has 0 amide bonds. The molecule has 0 aliphatic rings. The van der Waals surface area contributed by atoms with Crippen LogP contribution in [0.15, 0.2) is 0 Å². The second kappa shape index (κ2) is 36.5. The monoisotopic (exact) mass is 614 g/mol. The van der Waals surface area contributed by atoms with Crippen molar-refractivity contribution in [2.45, 2.75) is 6.92 Å². The maximum Gasteiger partial charge on any atom is 0 e. The van der Waals surface area contributed by atoms with Gasteiger partial charge < -0.3 is 6.92 Å². The van der Waals surface area contributed by atoms with Gasteiger partial charge in [0.2, 0.25) is 0 Å². The molecular formula is C2H5Pt3-. The van der Waals surface area contributed by atoms with Gasteiger partial charge in [-0.3, -0.25) is 0 Å². The van der Waals surface area contributed by atoms with Gasteiger partial charge in [0.1, 0.15) is 0 Å². The first-order valence-corrected chi connectivity index (χ1v) is 0.707. The van der Waals surface area contributed by atoms with Crippen molar-refractivity contribution in [1.29, 1.82) is 0 Å². The van der Waals surface area contributed by atoms with Crippen LogP contribution in [-0.2, 0) is 63.2 Å². The van der Waals surface area contributed by atoms with Crippen LogP contribution >= 0.6 is 0 Å². The zero-order valence-corrected chi connectivity index (χ0v) is 9.47. The van der Waals surface area contributed by atoms with E-state index in [9.17, 15) is 0 Å². The van der Waals surface area contributed by atoms with Crippen molar-refractivity contribution >= 4 is 0 Å². The van der Waals surface area contributed by atoms with Crippen LogP contribution < -0.4 is 0 Å². The summed E-state index contributed by atoms with van der Waals surface area (Å²) in [6.07, 6.45) is 0. The molecule has 44 valence electrons. The van der Waals surface area contributed by atoms with E-state index >= 15 is 0 Å². The average molecular weight is 614 g/mol. The summed E-state index contributed by atoms with van der Waals surface area (Å²) in [5.41, 5.74) is 0. The minimum Gasteiger partial charge on any atom is -0.346 e. The van der Waals surface area contributed by atoms with E-state index in [1.807, 2.05) is 0 Å². The van der Waals surface area contributed by atoms with Gasteiger partial charge in [-0.15, -0.1) is 0 Å². The molecule has 0 aromatic carbocycles. The third-order valence-corrected chi connectivity index (χ3v) is 0. The van der Waals surface area contributed by atoms with Gasteiger partial charge in [0.25, 0.3) is 0 Å². The SMILES string of the molecule is [CH2-]C.[Pt].[Pt].[Pt].